The van der Waals surface area contributed by atoms with Crippen LogP contribution in [0.3, 0.4) is 0 Å². The van der Waals surface area contributed by atoms with Gasteiger partial charge in [0.05, 0.1) is 5.69 Å². The molecule has 1 aromatic heterocycles. The molecule has 0 bridgehead atoms. The second kappa shape index (κ2) is 2.52. The highest BCUT2D eigenvalue weighted by atomic mass is 14.7. The fourth-order valence-electron chi connectivity index (χ4n) is 0.944. The first-order valence-electron chi connectivity index (χ1n) is 3.10. The average molecular weight is 134 g/mol. The first kappa shape index (κ1) is 6.81. The van der Waals surface area contributed by atoms with Gasteiger partial charge < -0.3 is 10.4 Å². The lowest BCUT2D eigenvalue weighted by Crippen LogP contribution is -1.81. The lowest BCUT2D eigenvalue weighted by atomic mass is 10.2. The van der Waals surface area contributed by atoms with Crippen molar-refractivity contribution >= 4 is 12.3 Å². The van der Waals surface area contributed by atoms with Crippen LogP contribution in [0.5, 0.6) is 0 Å². The van der Waals surface area contributed by atoms with E-state index in [4.69, 9.17) is 5.41 Å². The van der Waals surface area contributed by atoms with E-state index in [9.17, 15) is 0 Å². The van der Waals surface area contributed by atoms with E-state index < -0.39 is 0 Å². The van der Waals surface area contributed by atoms with E-state index in [1.54, 1.807) is 6.08 Å². The van der Waals surface area contributed by atoms with Crippen LogP contribution in [0.1, 0.15) is 16.8 Å². The molecule has 1 rings (SSSR count). The van der Waals surface area contributed by atoms with Gasteiger partial charge in [0, 0.05) is 18.0 Å². The maximum Gasteiger partial charge on any atom is 0.0635 e. The maximum absolute atomic E-state index is 7.00. The molecule has 0 saturated heterocycles. The zero-order valence-corrected chi connectivity index (χ0v) is 5.94. The van der Waals surface area contributed by atoms with Gasteiger partial charge >= 0.3 is 0 Å². The third-order valence-corrected chi connectivity index (χ3v) is 1.51. The molecule has 1 aromatic rings. The SMILES string of the molecule is C=Cc1c(C)c[nH]c1C=N. The van der Waals surface area contributed by atoms with E-state index in [1.165, 1.54) is 6.21 Å². The first-order chi connectivity index (χ1) is 4.79. The normalized spacial score (nSPS) is 9.30. The highest BCUT2D eigenvalue weighted by molar-refractivity contribution is 5.82. The molecular weight excluding hydrogens is 124 g/mol. The van der Waals surface area contributed by atoms with Gasteiger partial charge in [0.1, 0.15) is 0 Å². The summed E-state index contributed by atoms with van der Waals surface area (Å²) >= 11 is 0. The van der Waals surface area contributed by atoms with Crippen molar-refractivity contribution in [1.82, 2.24) is 4.98 Å². The molecular formula is C8H10N2. The Morgan fingerprint density at radius 3 is 2.80 bits per heavy atom. The summed E-state index contributed by atoms with van der Waals surface area (Å²) in [6.45, 7) is 5.64. The summed E-state index contributed by atoms with van der Waals surface area (Å²) in [4.78, 5) is 2.96. The molecule has 0 saturated carbocycles. The monoisotopic (exact) mass is 134 g/mol. The van der Waals surface area contributed by atoms with Crippen molar-refractivity contribution in [3.8, 4) is 0 Å². The molecule has 0 aliphatic carbocycles. The standard InChI is InChI=1S/C8H10N2/c1-3-7-6(2)5-10-8(7)4-9/h3-5,9-10H,1H2,2H3. The van der Waals surface area contributed by atoms with Crippen LogP contribution in [0.15, 0.2) is 12.8 Å². The Kier molecular flexibility index (Phi) is 1.71. The molecule has 0 amide bonds. The van der Waals surface area contributed by atoms with E-state index in [1.807, 2.05) is 13.1 Å². The summed E-state index contributed by atoms with van der Waals surface area (Å²) in [6.07, 6.45) is 4.92. The molecule has 0 aliphatic heterocycles. The van der Waals surface area contributed by atoms with Crippen LogP contribution in [0, 0.1) is 12.3 Å². The summed E-state index contributed by atoms with van der Waals surface area (Å²) in [5, 5.41) is 7.00. The van der Waals surface area contributed by atoms with Crippen molar-refractivity contribution < 1.29 is 0 Å². The molecule has 0 atom stereocenters. The lowest BCUT2D eigenvalue weighted by molar-refractivity contribution is 1.35. The van der Waals surface area contributed by atoms with E-state index >= 15 is 0 Å². The Labute approximate surface area is 60.1 Å². The number of aryl methyl sites for hydroxylation is 1. The summed E-state index contributed by atoms with van der Waals surface area (Å²) in [5.74, 6) is 0. The molecule has 0 aliphatic rings. The van der Waals surface area contributed by atoms with Crippen molar-refractivity contribution in [2.24, 2.45) is 0 Å². The molecule has 0 radical (unpaired) electrons. The van der Waals surface area contributed by atoms with Crippen molar-refractivity contribution in [1.29, 1.82) is 5.41 Å². The van der Waals surface area contributed by atoms with Gasteiger partial charge in [0.25, 0.3) is 0 Å². The van der Waals surface area contributed by atoms with Gasteiger partial charge in [0.15, 0.2) is 0 Å². The van der Waals surface area contributed by atoms with Crippen LogP contribution in [0.2, 0.25) is 0 Å². The van der Waals surface area contributed by atoms with E-state index in [0.29, 0.717) is 0 Å². The summed E-state index contributed by atoms with van der Waals surface area (Å²) in [7, 11) is 0. The van der Waals surface area contributed by atoms with Crippen LogP contribution in [0.4, 0.5) is 0 Å². The van der Waals surface area contributed by atoms with Crippen LogP contribution in [-0.2, 0) is 0 Å². The Bertz CT molecular complexity index is 258. The molecule has 10 heavy (non-hydrogen) atoms. The molecule has 0 fully saturated rings. The van der Waals surface area contributed by atoms with Crippen LogP contribution in [0.25, 0.3) is 6.08 Å². The van der Waals surface area contributed by atoms with Crippen LogP contribution < -0.4 is 0 Å². The van der Waals surface area contributed by atoms with Crippen molar-refractivity contribution in [3.63, 3.8) is 0 Å². The highest BCUT2D eigenvalue weighted by Crippen LogP contribution is 2.11. The molecule has 52 valence electrons. The number of rotatable bonds is 2. The largest absolute Gasteiger partial charge is 0.360 e. The minimum absolute atomic E-state index is 0.826. The van der Waals surface area contributed by atoms with Crippen LogP contribution >= 0.6 is 0 Å². The van der Waals surface area contributed by atoms with Crippen LogP contribution in [-0.4, -0.2) is 11.2 Å². The maximum atomic E-state index is 7.00. The van der Waals surface area contributed by atoms with Gasteiger partial charge in [-0.2, -0.15) is 0 Å². The summed E-state index contributed by atoms with van der Waals surface area (Å²) in [6, 6.07) is 0. The van der Waals surface area contributed by atoms with Gasteiger partial charge in [-0.3, -0.25) is 0 Å². The van der Waals surface area contributed by atoms with Crippen molar-refractivity contribution in [3.05, 3.63) is 29.6 Å². The molecule has 2 heteroatoms. The van der Waals surface area contributed by atoms with Gasteiger partial charge in [-0.05, 0) is 12.5 Å². The predicted molar refractivity (Wildman–Crippen MR) is 43.5 cm³/mol. The third-order valence-electron chi connectivity index (χ3n) is 1.51. The second-order valence-electron chi connectivity index (χ2n) is 2.15. The molecule has 2 nitrogen and oxygen atoms in total. The smallest absolute Gasteiger partial charge is 0.0635 e. The van der Waals surface area contributed by atoms with E-state index in [2.05, 4.69) is 11.6 Å². The minimum atomic E-state index is 0.826. The number of nitrogens with one attached hydrogen (secondary N) is 2. The van der Waals surface area contributed by atoms with Gasteiger partial charge in [-0.1, -0.05) is 12.7 Å². The number of aromatic amines is 1. The third kappa shape index (κ3) is 0.880. The van der Waals surface area contributed by atoms with Gasteiger partial charge in [0.2, 0.25) is 0 Å². The number of H-pyrrole nitrogens is 1. The molecule has 0 aromatic carbocycles. The number of aromatic nitrogens is 1. The molecule has 0 spiro atoms. The Morgan fingerprint density at radius 1 is 1.70 bits per heavy atom. The Balaban J connectivity index is 3.25. The second-order valence-corrected chi connectivity index (χ2v) is 2.15. The molecule has 0 unspecified atom stereocenters. The Morgan fingerprint density at radius 2 is 2.40 bits per heavy atom. The zero-order chi connectivity index (χ0) is 7.56. The topological polar surface area (TPSA) is 39.6 Å². The fourth-order valence-corrected chi connectivity index (χ4v) is 0.944. The fraction of sp³-hybridized carbons (Fsp3) is 0.125. The summed E-state index contributed by atoms with van der Waals surface area (Å²) in [5.41, 5.74) is 2.98. The number of hydrogen-bond donors (Lipinski definition) is 2. The van der Waals surface area contributed by atoms with Crippen molar-refractivity contribution in [2.45, 2.75) is 6.92 Å². The predicted octanol–water partition coefficient (Wildman–Crippen LogP) is 1.96. The molecule has 2 N–H and O–H groups in total. The number of hydrogen-bond acceptors (Lipinski definition) is 1. The van der Waals surface area contributed by atoms with E-state index in [0.717, 1.165) is 16.8 Å². The van der Waals surface area contributed by atoms with Crippen molar-refractivity contribution in [2.75, 3.05) is 0 Å². The van der Waals surface area contributed by atoms with Gasteiger partial charge in [-0.15, -0.1) is 0 Å². The molecule has 1 heterocycles. The average Bonchev–Trinajstić information content (AvgIpc) is 2.30. The summed E-state index contributed by atoms with van der Waals surface area (Å²) < 4.78 is 0. The quantitative estimate of drug-likeness (QED) is 0.580. The lowest BCUT2D eigenvalue weighted by Gasteiger charge is -1.89. The zero-order valence-electron chi connectivity index (χ0n) is 5.94. The minimum Gasteiger partial charge on any atom is -0.360 e. The Hall–Kier alpha value is -1.31. The van der Waals surface area contributed by atoms with Gasteiger partial charge in [-0.25, -0.2) is 0 Å². The first-order valence-corrected chi connectivity index (χ1v) is 3.10. The van der Waals surface area contributed by atoms with E-state index in [-0.39, 0.29) is 0 Å². The highest BCUT2D eigenvalue weighted by Gasteiger charge is 1.99.